The standard InChI is InChI=1S/C30H52O8P2.2Na/c1-25(2)22-10-13-30(7)23(28(22,5)12-11-24(25)38-40(34,35)36)9-8-20-21-18-26(3,19-37-39(31,32)33)14-15-27(21,4)16-17-29(20,30)6;;/h8,21-24H,9-19H2,1-7H3,(H2,31,32,33)(H2,34,35,36);;/q;2*+1/p-2/t21-,22-,23+,24-,26-,27+,28-,29+,30+;;/m0../s1. The summed E-state index contributed by atoms with van der Waals surface area (Å²) in [5, 5.41) is 0. The normalized spacial score (nSPS) is 46.4. The Bertz CT molecular complexity index is 1170. The van der Waals surface area contributed by atoms with E-state index in [1.54, 1.807) is 0 Å². The van der Waals surface area contributed by atoms with Gasteiger partial charge in [-0.15, -0.1) is 0 Å². The van der Waals surface area contributed by atoms with Gasteiger partial charge in [-0.3, -0.25) is 4.52 Å². The molecule has 0 radical (unpaired) electrons. The van der Waals surface area contributed by atoms with Crippen molar-refractivity contribution in [3.05, 3.63) is 11.6 Å². The van der Waals surface area contributed by atoms with Gasteiger partial charge >= 0.3 is 66.9 Å². The first-order chi connectivity index (χ1) is 18.1. The molecule has 5 aliphatic carbocycles. The number of hydrogen-bond donors (Lipinski definition) is 2. The monoisotopic (exact) mass is 646 g/mol. The molecule has 0 unspecified atom stereocenters. The Labute approximate surface area is 297 Å². The van der Waals surface area contributed by atoms with Crippen molar-refractivity contribution in [1.29, 1.82) is 0 Å². The number of phosphoric ester groups is 2. The molecule has 8 nitrogen and oxygen atoms in total. The van der Waals surface area contributed by atoms with Gasteiger partial charge in [-0.2, -0.15) is 0 Å². The van der Waals surface area contributed by atoms with Crippen LogP contribution in [0.25, 0.3) is 0 Å². The van der Waals surface area contributed by atoms with Crippen LogP contribution in [0.1, 0.15) is 113 Å². The van der Waals surface area contributed by atoms with Crippen molar-refractivity contribution >= 4 is 15.6 Å². The van der Waals surface area contributed by atoms with Crippen molar-refractivity contribution in [3.8, 4) is 0 Å². The van der Waals surface area contributed by atoms with Gasteiger partial charge in [0.2, 0.25) is 0 Å². The van der Waals surface area contributed by atoms with Crippen LogP contribution in [0, 0.1) is 50.2 Å². The fourth-order valence-electron chi connectivity index (χ4n) is 11.1. The van der Waals surface area contributed by atoms with E-state index in [0.717, 1.165) is 57.8 Å². The minimum Gasteiger partial charge on any atom is -0.790 e. The van der Waals surface area contributed by atoms with Crippen molar-refractivity contribution in [2.24, 2.45) is 50.2 Å². The molecule has 2 N–H and O–H groups in total. The van der Waals surface area contributed by atoms with Gasteiger partial charge < -0.3 is 28.7 Å². The average Bonchev–Trinajstić information content (AvgIpc) is 2.80. The Morgan fingerprint density at radius 1 is 0.881 bits per heavy atom. The van der Waals surface area contributed by atoms with Gasteiger partial charge in [0.1, 0.15) is 0 Å². The largest absolute Gasteiger partial charge is 1.00 e. The van der Waals surface area contributed by atoms with Gasteiger partial charge in [0.15, 0.2) is 0 Å². The number of allylic oxidation sites excluding steroid dienone is 2. The topological polar surface area (TPSA) is 139 Å². The van der Waals surface area contributed by atoms with E-state index in [1.807, 2.05) is 0 Å². The zero-order valence-electron chi connectivity index (χ0n) is 27.4. The van der Waals surface area contributed by atoms with Gasteiger partial charge in [-0.1, -0.05) is 60.1 Å². The molecule has 0 aliphatic heterocycles. The number of hydrogen-bond acceptors (Lipinski definition) is 6. The summed E-state index contributed by atoms with van der Waals surface area (Å²) in [5.74, 6) is 1.09. The van der Waals surface area contributed by atoms with Gasteiger partial charge in [0.25, 0.3) is 0 Å². The molecule has 0 aromatic carbocycles. The van der Waals surface area contributed by atoms with E-state index >= 15 is 0 Å². The first kappa shape index (κ1) is 38.4. The number of phosphoric acid groups is 2. The quantitative estimate of drug-likeness (QED) is 0.244. The van der Waals surface area contributed by atoms with Crippen LogP contribution in [0.2, 0.25) is 0 Å². The molecule has 0 bridgehead atoms. The molecule has 230 valence electrons. The molecule has 9 atom stereocenters. The van der Waals surface area contributed by atoms with Gasteiger partial charge in [-0.05, 0) is 114 Å². The maximum Gasteiger partial charge on any atom is 1.00 e. The second-order valence-corrected chi connectivity index (χ2v) is 18.5. The minimum absolute atomic E-state index is 0. The van der Waals surface area contributed by atoms with Crippen LogP contribution >= 0.6 is 15.6 Å². The second-order valence-electron chi connectivity index (χ2n) is 16.2. The molecular formula is C30H50Na2O8P2. The summed E-state index contributed by atoms with van der Waals surface area (Å²) in [6, 6.07) is 0. The molecule has 0 amide bonds. The average molecular weight is 647 g/mol. The second kappa shape index (κ2) is 12.1. The Balaban J connectivity index is 0.00000242. The van der Waals surface area contributed by atoms with Crippen LogP contribution in [-0.2, 0) is 18.2 Å². The Morgan fingerprint density at radius 3 is 2.10 bits per heavy atom. The fourth-order valence-corrected chi connectivity index (χ4v) is 12.3. The molecule has 4 saturated carbocycles. The van der Waals surface area contributed by atoms with E-state index in [-0.39, 0.29) is 98.2 Å². The Hall–Kier alpha value is 1.96. The molecule has 42 heavy (non-hydrogen) atoms. The maximum absolute atomic E-state index is 11.8. The predicted octanol–water partition coefficient (Wildman–Crippen LogP) is 0.119. The van der Waals surface area contributed by atoms with Gasteiger partial charge in [0, 0.05) is 0 Å². The smallest absolute Gasteiger partial charge is 0.790 e. The molecule has 12 heteroatoms. The van der Waals surface area contributed by atoms with Crippen molar-refractivity contribution < 1.29 is 96.9 Å². The number of fused-ring (bicyclic) bond motifs is 7. The first-order valence-electron chi connectivity index (χ1n) is 15.2. The van der Waals surface area contributed by atoms with Crippen molar-refractivity contribution in [3.63, 3.8) is 0 Å². The molecule has 5 aliphatic rings. The third-order valence-electron chi connectivity index (χ3n) is 13.7. The summed E-state index contributed by atoms with van der Waals surface area (Å²) >= 11 is 0. The molecular weight excluding hydrogens is 596 g/mol. The molecule has 5 rings (SSSR count). The van der Waals surface area contributed by atoms with Crippen molar-refractivity contribution in [2.45, 2.75) is 119 Å². The fraction of sp³-hybridized carbons (Fsp3) is 0.933. The van der Waals surface area contributed by atoms with E-state index in [9.17, 15) is 28.7 Å². The zero-order chi connectivity index (χ0) is 29.8. The number of rotatable bonds is 5. The van der Waals surface area contributed by atoms with E-state index < -0.39 is 21.7 Å². The zero-order valence-corrected chi connectivity index (χ0v) is 33.2. The Morgan fingerprint density at radius 2 is 1.50 bits per heavy atom. The van der Waals surface area contributed by atoms with E-state index in [4.69, 9.17) is 9.05 Å². The summed E-state index contributed by atoms with van der Waals surface area (Å²) < 4.78 is 33.3. The molecule has 0 aromatic rings. The minimum atomic E-state index is -5.02. The van der Waals surface area contributed by atoms with Gasteiger partial charge in [-0.25, -0.2) is 4.57 Å². The van der Waals surface area contributed by atoms with Crippen LogP contribution in [0.3, 0.4) is 0 Å². The van der Waals surface area contributed by atoms with Crippen molar-refractivity contribution in [2.75, 3.05) is 6.61 Å². The summed E-state index contributed by atoms with van der Waals surface area (Å²) in [4.78, 5) is 41.8. The van der Waals surface area contributed by atoms with E-state index in [0.29, 0.717) is 24.2 Å². The molecule has 0 spiro atoms. The van der Waals surface area contributed by atoms with Crippen LogP contribution < -0.4 is 68.9 Å². The van der Waals surface area contributed by atoms with Crippen LogP contribution in [0.5, 0.6) is 0 Å². The van der Waals surface area contributed by atoms with Crippen LogP contribution in [0.15, 0.2) is 11.6 Å². The van der Waals surface area contributed by atoms with E-state index in [1.165, 1.54) is 5.57 Å². The molecule has 0 saturated heterocycles. The van der Waals surface area contributed by atoms with Gasteiger partial charge in [0.05, 0.1) is 20.5 Å². The third kappa shape index (κ3) is 6.39. The molecule has 0 aromatic heterocycles. The summed E-state index contributed by atoms with van der Waals surface area (Å²) in [5.41, 5.74) is 1.14. The summed E-state index contributed by atoms with van der Waals surface area (Å²) in [7, 11) is -9.59. The third-order valence-corrected chi connectivity index (χ3v) is 14.7. The summed E-state index contributed by atoms with van der Waals surface area (Å²) in [6.45, 7) is 16.2. The maximum atomic E-state index is 11.8. The van der Waals surface area contributed by atoms with E-state index in [2.05, 4.69) is 54.5 Å². The van der Waals surface area contributed by atoms with Crippen molar-refractivity contribution in [1.82, 2.24) is 0 Å². The first-order valence-corrected chi connectivity index (χ1v) is 18.2. The van der Waals surface area contributed by atoms with Crippen LogP contribution in [-0.4, -0.2) is 22.5 Å². The molecule has 0 heterocycles. The Kier molecular flexibility index (Phi) is 11.1. The molecule has 4 fully saturated rings. The predicted molar refractivity (Wildman–Crippen MR) is 150 cm³/mol. The summed E-state index contributed by atoms with van der Waals surface area (Å²) in [6.07, 6.45) is 11.6. The SMILES string of the molecule is CC1(C)[C@@H](OP(=O)(O)O)CC[C@]2(C)[C@H]3CC=C4[C@@H]5C[C@@](C)(COP(=O)([O-])[O-])CC[C@]5(C)CC[C@@]4(C)[C@]3(C)CC[C@@H]12.[Na+].[Na+]. The van der Waals surface area contributed by atoms with Crippen LogP contribution in [0.4, 0.5) is 0 Å².